The summed E-state index contributed by atoms with van der Waals surface area (Å²) >= 11 is 0. The Kier molecular flexibility index (Phi) is 4.31. The molecule has 142 valence electrons. The molecule has 1 N–H and O–H groups in total. The molecule has 0 saturated heterocycles. The van der Waals surface area contributed by atoms with Crippen molar-refractivity contribution in [3.63, 3.8) is 0 Å². The Morgan fingerprint density at radius 1 is 1.29 bits per heavy atom. The first-order valence-electron chi connectivity index (χ1n) is 8.78. The summed E-state index contributed by atoms with van der Waals surface area (Å²) in [4.78, 5) is 20.8. The number of benzene rings is 1. The lowest BCUT2D eigenvalue weighted by molar-refractivity contribution is 0.191. The van der Waals surface area contributed by atoms with Crippen molar-refractivity contribution in [3.05, 3.63) is 48.0 Å². The molecule has 3 heterocycles. The lowest BCUT2D eigenvalue weighted by atomic mass is 9.98. The van der Waals surface area contributed by atoms with Crippen LogP contribution in [-0.4, -0.2) is 37.5 Å². The number of rotatable bonds is 4. The van der Waals surface area contributed by atoms with Crippen molar-refractivity contribution >= 4 is 17.1 Å². The second-order valence-corrected chi connectivity index (χ2v) is 6.25. The molecule has 8 nitrogen and oxygen atoms in total. The second kappa shape index (κ2) is 6.80. The third-order valence-corrected chi connectivity index (χ3v) is 4.46. The van der Waals surface area contributed by atoms with Crippen LogP contribution in [0.4, 0.5) is 4.79 Å². The number of pyridine rings is 1. The minimum atomic E-state index is -1.17. The van der Waals surface area contributed by atoms with Crippen molar-refractivity contribution in [3.8, 4) is 28.4 Å². The number of ether oxygens (including phenoxy) is 1. The van der Waals surface area contributed by atoms with E-state index in [-0.39, 0.29) is 6.01 Å². The Bertz CT molecular complexity index is 1160. The van der Waals surface area contributed by atoms with Crippen LogP contribution in [0.15, 0.2) is 41.1 Å². The average molecular weight is 378 g/mol. The molecule has 0 aliphatic rings. The van der Waals surface area contributed by atoms with Crippen LogP contribution in [0.2, 0.25) is 0 Å². The average Bonchev–Trinajstić information content (AvgIpc) is 3.21. The molecular weight excluding hydrogens is 360 g/mol. The van der Waals surface area contributed by atoms with Gasteiger partial charge in [-0.15, -0.1) is 0 Å². The van der Waals surface area contributed by atoms with E-state index in [9.17, 15) is 9.90 Å². The van der Waals surface area contributed by atoms with Gasteiger partial charge in [-0.25, -0.2) is 4.79 Å². The third kappa shape index (κ3) is 2.79. The molecule has 0 unspecified atom stereocenters. The summed E-state index contributed by atoms with van der Waals surface area (Å²) in [5.74, 6) is 0.648. The Morgan fingerprint density at radius 2 is 2.11 bits per heavy atom. The van der Waals surface area contributed by atoms with Gasteiger partial charge in [0.1, 0.15) is 11.3 Å². The van der Waals surface area contributed by atoms with E-state index in [2.05, 4.69) is 15.1 Å². The van der Waals surface area contributed by atoms with E-state index in [0.29, 0.717) is 34.7 Å². The number of hydrogen-bond donors (Lipinski definition) is 1. The first kappa shape index (κ1) is 17.7. The molecular formula is C20H18N4O4. The smallest absolute Gasteiger partial charge is 0.420 e. The maximum atomic E-state index is 11.9. The number of aromatic nitrogens is 4. The summed E-state index contributed by atoms with van der Waals surface area (Å²) < 4.78 is 11.8. The summed E-state index contributed by atoms with van der Waals surface area (Å²) in [6.45, 7) is 5.74. The fourth-order valence-electron chi connectivity index (χ4n) is 3.32. The Labute approximate surface area is 160 Å². The van der Waals surface area contributed by atoms with Crippen LogP contribution in [-0.2, 0) is 0 Å². The SMILES string of the molecule is CCOc1nc2c(-c3ccccn3)cc(-c3c(C)noc3C)cc2n1C(=O)O. The zero-order valence-electron chi connectivity index (χ0n) is 15.6. The van der Waals surface area contributed by atoms with Gasteiger partial charge < -0.3 is 14.4 Å². The van der Waals surface area contributed by atoms with Crippen LogP contribution in [0, 0.1) is 13.8 Å². The Balaban J connectivity index is 2.11. The molecule has 0 saturated carbocycles. The van der Waals surface area contributed by atoms with Crippen molar-refractivity contribution < 1.29 is 19.2 Å². The molecule has 0 bridgehead atoms. The molecule has 4 rings (SSSR count). The van der Waals surface area contributed by atoms with Crippen LogP contribution < -0.4 is 4.74 Å². The number of carbonyl (C=O) groups is 1. The van der Waals surface area contributed by atoms with E-state index >= 15 is 0 Å². The molecule has 0 radical (unpaired) electrons. The summed E-state index contributed by atoms with van der Waals surface area (Å²) in [6.07, 6.45) is 0.510. The highest BCUT2D eigenvalue weighted by Crippen LogP contribution is 2.37. The summed E-state index contributed by atoms with van der Waals surface area (Å²) in [5.41, 5.74) is 4.60. The number of carboxylic acid groups (broad SMARTS) is 1. The lowest BCUT2D eigenvalue weighted by Crippen LogP contribution is -2.11. The zero-order valence-corrected chi connectivity index (χ0v) is 15.6. The predicted octanol–water partition coefficient (Wildman–Crippen LogP) is 4.29. The van der Waals surface area contributed by atoms with Crippen molar-refractivity contribution in [2.24, 2.45) is 0 Å². The van der Waals surface area contributed by atoms with Gasteiger partial charge in [0.05, 0.1) is 23.5 Å². The standard InChI is InChI=1S/C20H18N4O4/c1-4-27-19-22-18-14(15-7-5-6-8-21-15)9-13(10-16(18)24(19)20(25)26)17-11(2)23-28-12(17)3/h5-10H,4H2,1-3H3,(H,25,26). The first-order chi connectivity index (χ1) is 13.5. The predicted molar refractivity (Wildman–Crippen MR) is 103 cm³/mol. The lowest BCUT2D eigenvalue weighted by Gasteiger charge is -2.08. The van der Waals surface area contributed by atoms with Gasteiger partial charge in [0, 0.05) is 17.3 Å². The minimum Gasteiger partial charge on any atom is -0.465 e. The van der Waals surface area contributed by atoms with Crippen LogP contribution in [0.1, 0.15) is 18.4 Å². The maximum absolute atomic E-state index is 11.9. The van der Waals surface area contributed by atoms with E-state index in [1.807, 2.05) is 38.1 Å². The maximum Gasteiger partial charge on any atom is 0.420 e. The number of aryl methyl sites for hydroxylation is 2. The normalized spacial score (nSPS) is 11.1. The van der Waals surface area contributed by atoms with Crippen LogP contribution >= 0.6 is 0 Å². The summed E-state index contributed by atoms with van der Waals surface area (Å²) in [6, 6.07) is 9.25. The van der Waals surface area contributed by atoms with Gasteiger partial charge in [0.15, 0.2) is 0 Å². The monoisotopic (exact) mass is 378 g/mol. The van der Waals surface area contributed by atoms with Gasteiger partial charge in [-0.2, -0.15) is 9.55 Å². The van der Waals surface area contributed by atoms with E-state index in [4.69, 9.17) is 9.26 Å². The topological polar surface area (TPSA) is 103 Å². The van der Waals surface area contributed by atoms with Crippen LogP contribution in [0.5, 0.6) is 6.01 Å². The minimum absolute atomic E-state index is 0.0260. The van der Waals surface area contributed by atoms with Crippen molar-refractivity contribution in [1.29, 1.82) is 0 Å². The summed E-state index contributed by atoms with van der Waals surface area (Å²) in [5, 5.41) is 13.8. The highest BCUT2D eigenvalue weighted by Gasteiger charge is 2.23. The van der Waals surface area contributed by atoms with Crippen molar-refractivity contribution in [1.82, 2.24) is 19.7 Å². The zero-order chi connectivity index (χ0) is 19.8. The number of imidazole rings is 1. The van der Waals surface area contributed by atoms with Crippen LogP contribution in [0.3, 0.4) is 0 Å². The number of fused-ring (bicyclic) bond motifs is 1. The third-order valence-electron chi connectivity index (χ3n) is 4.46. The molecule has 0 amide bonds. The largest absolute Gasteiger partial charge is 0.465 e. The van der Waals surface area contributed by atoms with Gasteiger partial charge in [0.2, 0.25) is 0 Å². The van der Waals surface area contributed by atoms with Gasteiger partial charge >= 0.3 is 12.1 Å². The van der Waals surface area contributed by atoms with Gasteiger partial charge in [0.25, 0.3) is 0 Å². The molecule has 0 aliphatic carbocycles. The molecule has 0 fully saturated rings. The van der Waals surface area contributed by atoms with E-state index in [1.165, 1.54) is 0 Å². The number of hydrogen-bond acceptors (Lipinski definition) is 6. The van der Waals surface area contributed by atoms with E-state index in [0.717, 1.165) is 21.4 Å². The molecule has 28 heavy (non-hydrogen) atoms. The first-order valence-corrected chi connectivity index (χ1v) is 8.78. The van der Waals surface area contributed by atoms with Gasteiger partial charge in [-0.05, 0) is 50.6 Å². The molecule has 4 aromatic rings. The van der Waals surface area contributed by atoms with Gasteiger partial charge in [-0.3, -0.25) is 4.98 Å². The molecule has 3 aromatic heterocycles. The second-order valence-electron chi connectivity index (χ2n) is 6.25. The molecule has 0 aliphatic heterocycles. The van der Waals surface area contributed by atoms with Crippen LogP contribution in [0.25, 0.3) is 33.4 Å². The van der Waals surface area contributed by atoms with Gasteiger partial charge in [-0.1, -0.05) is 11.2 Å². The van der Waals surface area contributed by atoms with E-state index in [1.54, 1.807) is 19.2 Å². The quantitative estimate of drug-likeness (QED) is 0.565. The summed E-state index contributed by atoms with van der Waals surface area (Å²) in [7, 11) is 0. The molecule has 0 spiro atoms. The highest BCUT2D eigenvalue weighted by atomic mass is 16.5. The molecule has 0 atom stereocenters. The van der Waals surface area contributed by atoms with Crippen molar-refractivity contribution in [2.75, 3.05) is 6.61 Å². The highest BCUT2D eigenvalue weighted by molar-refractivity contribution is 5.99. The Morgan fingerprint density at radius 3 is 2.71 bits per heavy atom. The molecule has 1 aromatic carbocycles. The van der Waals surface area contributed by atoms with Crippen molar-refractivity contribution in [2.45, 2.75) is 20.8 Å². The number of nitrogens with zero attached hydrogens (tertiary/aromatic N) is 4. The Hall–Kier alpha value is -3.68. The fraction of sp³-hybridized carbons (Fsp3) is 0.200. The fourth-order valence-corrected chi connectivity index (χ4v) is 3.32. The van der Waals surface area contributed by atoms with E-state index < -0.39 is 6.09 Å². The molecule has 8 heteroatoms.